The van der Waals surface area contributed by atoms with Gasteiger partial charge in [0, 0.05) is 29.9 Å². The third kappa shape index (κ3) is 7.31. The van der Waals surface area contributed by atoms with E-state index in [0.29, 0.717) is 22.9 Å². The van der Waals surface area contributed by atoms with Crippen LogP contribution in [-0.4, -0.2) is 49.7 Å². The van der Waals surface area contributed by atoms with E-state index in [4.69, 9.17) is 14.6 Å². The number of carbonyl (C=O) groups is 3. The molecule has 0 heterocycles. The van der Waals surface area contributed by atoms with Gasteiger partial charge in [0.05, 0.1) is 19.8 Å². The number of nitrogens with zero attached hydrogens (tertiary/aromatic N) is 2. The Labute approximate surface area is 229 Å². The number of carboxylic acids is 1. The summed E-state index contributed by atoms with van der Waals surface area (Å²) in [6.07, 6.45) is -4.61. The van der Waals surface area contributed by atoms with E-state index in [1.165, 1.54) is 30.9 Å². The number of hydrogen-bond donors (Lipinski definition) is 1. The maximum atomic E-state index is 13.9. The smallest absolute Gasteiger partial charge is 0.416 e. The Balaban J connectivity index is 2.02. The van der Waals surface area contributed by atoms with Crippen LogP contribution in [0.25, 0.3) is 0 Å². The van der Waals surface area contributed by atoms with E-state index < -0.39 is 35.6 Å². The van der Waals surface area contributed by atoms with Crippen LogP contribution in [0, 0.1) is 0 Å². The molecule has 0 aliphatic heterocycles. The SMILES string of the molecule is COc1ccc(N(CCCC(=O)O)C(=O)C(C)N(C(=O)c2ccc(C(F)(F)F)cc2)c2ccc(OC)cc2)cc1. The number of halogens is 3. The standard InChI is InChI=1S/C29H29F3N2O6/c1-19(27(37)33(18-4-5-26(35)36)22-10-14-24(39-2)15-11-22)34(23-12-16-25(40-3)17-13-23)28(38)20-6-8-21(9-7-20)29(30,31)32/h6-17,19H,4-5,18H2,1-3H3,(H,35,36). The van der Waals surface area contributed by atoms with Crippen LogP contribution in [0.3, 0.4) is 0 Å². The van der Waals surface area contributed by atoms with Crippen LogP contribution in [0.5, 0.6) is 11.5 Å². The Bertz CT molecular complexity index is 1310. The lowest BCUT2D eigenvalue weighted by Crippen LogP contribution is -2.50. The summed E-state index contributed by atoms with van der Waals surface area (Å²) in [5.74, 6) is -1.19. The molecule has 1 atom stereocenters. The number of anilines is 2. The molecule has 0 radical (unpaired) electrons. The Kier molecular flexibility index (Phi) is 9.76. The fourth-order valence-corrected chi connectivity index (χ4v) is 4.05. The topological polar surface area (TPSA) is 96.4 Å². The number of aliphatic carboxylic acids is 1. The monoisotopic (exact) mass is 558 g/mol. The second-order valence-electron chi connectivity index (χ2n) is 8.81. The molecule has 0 saturated carbocycles. The van der Waals surface area contributed by atoms with Crippen molar-refractivity contribution in [2.24, 2.45) is 0 Å². The van der Waals surface area contributed by atoms with Gasteiger partial charge in [0.2, 0.25) is 5.91 Å². The molecule has 0 aliphatic carbocycles. The lowest BCUT2D eigenvalue weighted by atomic mass is 10.1. The third-order valence-electron chi connectivity index (χ3n) is 6.20. The average Bonchev–Trinajstić information content (AvgIpc) is 2.95. The first-order valence-electron chi connectivity index (χ1n) is 12.3. The highest BCUT2D eigenvalue weighted by Crippen LogP contribution is 2.31. The zero-order chi connectivity index (χ0) is 29.4. The Morgan fingerprint density at radius 3 is 1.77 bits per heavy atom. The molecule has 40 heavy (non-hydrogen) atoms. The lowest BCUT2D eigenvalue weighted by molar-refractivity contribution is -0.138. The van der Waals surface area contributed by atoms with Gasteiger partial charge in [-0.15, -0.1) is 0 Å². The number of hydrogen-bond acceptors (Lipinski definition) is 5. The van der Waals surface area contributed by atoms with Gasteiger partial charge >= 0.3 is 12.1 Å². The van der Waals surface area contributed by atoms with Gasteiger partial charge in [-0.25, -0.2) is 0 Å². The third-order valence-corrected chi connectivity index (χ3v) is 6.20. The van der Waals surface area contributed by atoms with Crippen LogP contribution in [0.1, 0.15) is 35.7 Å². The quantitative estimate of drug-likeness (QED) is 0.327. The van der Waals surface area contributed by atoms with E-state index in [1.54, 1.807) is 48.5 Å². The van der Waals surface area contributed by atoms with E-state index >= 15 is 0 Å². The summed E-state index contributed by atoms with van der Waals surface area (Å²) in [4.78, 5) is 41.3. The minimum atomic E-state index is -4.57. The summed E-state index contributed by atoms with van der Waals surface area (Å²) >= 11 is 0. The molecule has 0 spiro atoms. The van der Waals surface area contributed by atoms with E-state index in [9.17, 15) is 27.6 Å². The summed E-state index contributed by atoms with van der Waals surface area (Å²) in [6, 6.07) is 15.5. The molecule has 2 amide bonds. The maximum absolute atomic E-state index is 13.9. The largest absolute Gasteiger partial charge is 0.497 e. The molecule has 0 saturated heterocycles. The van der Waals surface area contributed by atoms with Gasteiger partial charge in [-0.05, 0) is 86.1 Å². The normalized spacial score (nSPS) is 11.8. The predicted octanol–water partition coefficient (Wildman–Crippen LogP) is 5.66. The molecule has 8 nitrogen and oxygen atoms in total. The van der Waals surface area contributed by atoms with Crippen molar-refractivity contribution in [1.82, 2.24) is 0 Å². The van der Waals surface area contributed by atoms with Crippen molar-refractivity contribution in [3.8, 4) is 11.5 Å². The molecule has 1 N–H and O–H groups in total. The highest BCUT2D eigenvalue weighted by atomic mass is 19.4. The first-order valence-corrected chi connectivity index (χ1v) is 12.3. The Morgan fingerprint density at radius 1 is 0.825 bits per heavy atom. The van der Waals surface area contributed by atoms with Crippen molar-refractivity contribution in [1.29, 1.82) is 0 Å². The van der Waals surface area contributed by atoms with E-state index in [2.05, 4.69) is 0 Å². The molecule has 11 heteroatoms. The van der Waals surface area contributed by atoms with Crippen LogP contribution >= 0.6 is 0 Å². The van der Waals surface area contributed by atoms with Crippen LogP contribution in [0.15, 0.2) is 72.8 Å². The zero-order valence-electron chi connectivity index (χ0n) is 22.1. The highest BCUT2D eigenvalue weighted by Gasteiger charge is 2.34. The molecule has 1 unspecified atom stereocenters. The van der Waals surface area contributed by atoms with Gasteiger partial charge in [0.15, 0.2) is 0 Å². The number of benzene rings is 3. The predicted molar refractivity (Wildman–Crippen MR) is 143 cm³/mol. The van der Waals surface area contributed by atoms with Crippen molar-refractivity contribution in [3.05, 3.63) is 83.9 Å². The molecule has 0 fully saturated rings. The molecule has 3 aromatic rings. The Hall–Kier alpha value is -4.54. The van der Waals surface area contributed by atoms with Crippen molar-refractivity contribution in [3.63, 3.8) is 0 Å². The minimum Gasteiger partial charge on any atom is -0.497 e. The van der Waals surface area contributed by atoms with Crippen LogP contribution in [0.2, 0.25) is 0 Å². The van der Waals surface area contributed by atoms with Gasteiger partial charge in [-0.3, -0.25) is 19.3 Å². The summed E-state index contributed by atoms with van der Waals surface area (Å²) in [7, 11) is 2.96. The molecular formula is C29H29F3N2O6. The van der Waals surface area contributed by atoms with Gasteiger partial charge in [0.1, 0.15) is 17.5 Å². The summed E-state index contributed by atoms with van der Waals surface area (Å²) < 4.78 is 49.7. The summed E-state index contributed by atoms with van der Waals surface area (Å²) in [5.41, 5.74) is -0.190. The average molecular weight is 559 g/mol. The lowest BCUT2D eigenvalue weighted by Gasteiger charge is -2.33. The van der Waals surface area contributed by atoms with Crippen molar-refractivity contribution in [2.45, 2.75) is 32.0 Å². The number of carbonyl (C=O) groups excluding carboxylic acids is 2. The second kappa shape index (κ2) is 13.0. The summed E-state index contributed by atoms with van der Waals surface area (Å²) in [6.45, 7) is 1.55. The van der Waals surface area contributed by atoms with Crippen LogP contribution in [-0.2, 0) is 15.8 Å². The van der Waals surface area contributed by atoms with Gasteiger partial charge in [-0.1, -0.05) is 0 Å². The van der Waals surface area contributed by atoms with Gasteiger partial charge < -0.3 is 19.5 Å². The molecule has 0 aromatic heterocycles. The van der Waals surface area contributed by atoms with Crippen molar-refractivity contribution >= 4 is 29.2 Å². The van der Waals surface area contributed by atoms with Gasteiger partial charge in [0.25, 0.3) is 5.91 Å². The maximum Gasteiger partial charge on any atom is 0.416 e. The molecule has 0 bridgehead atoms. The fraction of sp³-hybridized carbons (Fsp3) is 0.276. The Morgan fingerprint density at radius 2 is 1.32 bits per heavy atom. The molecule has 212 valence electrons. The first kappa shape index (κ1) is 30.0. The zero-order valence-corrected chi connectivity index (χ0v) is 22.1. The number of alkyl halides is 3. The van der Waals surface area contributed by atoms with Crippen LogP contribution in [0.4, 0.5) is 24.5 Å². The fourth-order valence-electron chi connectivity index (χ4n) is 4.05. The first-order chi connectivity index (χ1) is 19.0. The van der Waals surface area contributed by atoms with Crippen molar-refractivity contribution < 1.29 is 42.1 Å². The number of ether oxygens (including phenoxy) is 2. The van der Waals surface area contributed by atoms with E-state index in [-0.39, 0.29) is 24.9 Å². The minimum absolute atomic E-state index is 0.0483. The van der Waals surface area contributed by atoms with Crippen LogP contribution < -0.4 is 19.3 Å². The second-order valence-corrected chi connectivity index (χ2v) is 8.81. The number of rotatable bonds is 11. The number of amides is 2. The molecular weight excluding hydrogens is 529 g/mol. The number of carboxylic acid groups (broad SMARTS) is 1. The van der Waals surface area contributed by atoms with Crippen molar-refractivity contribution in [2.75, 3.05) is 30.6 Å². The number of methoxy groups -OCH3 is 2. The van der Waals surface area contributed by atoms with E-state index in [0.717, 1.165) is 24.3 Å². The highest BCUT2D eigenvalue weighted by molar-refractivity contribution is 6.12. The van der Waals surface area contributed by atoms with E-state index in [1.807, 2.05) is 0 Å². The molecule has 3 rings (SSSR count). The summed E-state index contributed by atoms with van der Waals surface area (Å²) in [5, 5.41) is 9.11. The molecule has 3 aromatic carbocycles. The molecule has 0 aliphatic rings. The van der Waals surface area contributed by atoms with Gasteiger partial charge in [-0.2, -0.15) is 13.2 Å².